The van der Waals surface area contributed by atoms with Gasteiger partial charge in [-0.15, -0.1) is 0 Å². The van der Waals surface area contributed by atoms with E-state index in [0.717, 1.165) is 28.9 Å². The van der Waals surface area contributed by atoms with Crippen LogP contribution in [0.3, 0.4) is 0 Å². The lowest BCUT2D eigenvalue weighted by atomic mass is 10.1. The first-order valence-corrected chi connectivity index (χ1v) is 9.04. The molecule has 6 nitrogen and oxygen atoms in total. The van der Waals surface area contributed by atoms with Gasteiger partial charge in [-0.05, 0) is 30.2 Å². The molecule has 0 unspecified atom stereocenters. The van der Waals surface area contributed by atoms with Gasteiger partial charge >= 0.3 is 6.18 Å². The summed E-state index contributed by atoms with van der Waals surface area (Å²) >= 11 is 0. The maximum atomic E-state index is 12.6. The average Bonchev–Trinajstić information content (AvgIpc) is 3.16. The van der Waals surface area contributed by atoms with E-state index < -0.39 is 11.9 Å². The van der Waals surface area contributed by atoms with Crippen LogP contribution in [-0.2, 0) is 23.9 Å². The molecule has 1 fully saturated rings. The van der Waals surface area contributed by atoms with E-state index in [-0.39, 0.29) is 18.4 Å². The highest BCUT2D eigenvalue weighted by Gasteiger charge is 2.34. The van der Waals surface area contributed by atoms with Gasteiger partial charge in [0.05, 0.1) is 0 Å². The SMILES string of the molecule is CCc1ccc(C(=O)N2CCN(C(=O)Cn3ccc(C(F)(F)F)n3)CC2)cc1. The lowest BCUT2D eigenvalue weighted by Crippen LogP contribution is -2.51. The number of carbonyl (C=O) groups is 2. The van der Waals surface area contributed by atoms with Crippen molar-refractivity contribution in [2.45, 2.75) is 26.1 Å². The monoisotopic (exact) mass is 394 g/mol. The third-order valence-electron chi connectivity index (χ3n) is 4.76. The molecular weight excluding hydrogens is 373 g/mol. The molecule has 1 aliphatic heterocycles. The largest absolute Gasteiger partial charge is 0.435 e. The Morgan fingerprint density at radius 1 is 1.00 bits per heavy atom. The van der Waals surface area contributed by atoms with Crippen LogP contribution in [0, 0.1) is 0 Å². The van der Waals surface area contributed by atoms with Crippen LogP contribution in [-0.4, -0.2) is 57.6 Å². The molecule has 150 valence electrons. The van der Waals surface area contributed by atoms with Crippen molar-refractivity contribution < 1.29 is 22.8 Å². The Labute approximate surface area is 160 Å². The molecule has 1 aliphatic rings. The van der Waals surface area contributed by atoms with E-state index >= 15 is 0 Å². The lowest BCUT2D eigenvalue weighted by Gasteiger charge is -2.34. The van der Waals surface area contributed by atoms with E-state index in [0.29, 0.717) is 31.7 Å². The van der Waals surface area contributed by atoms with Gasteiger partial charge in [0.25, 0.3) is 5.91 Å². The molecule has 9 heteroatoms. The van der Waals surface area contributed by atoms with E-state index in [9.17, 15) is 22.8 Å². The van der Waals surface area contributed by atoms with E-state index in [4.69, 9.17) is 0 Å². The Hall–Kier alpha value is -2.84. The van der Waals surface area contributed by atoms with E-state index in [1.807, 2.05) is 19.1 Å². The van der Waals surface area contributed by atoms with Gasteiger partial charge in [-0.25, -0.2) is 0 Å². The predicted molar refractivity (Wildman–Crippen MR) is 95.5 cm³/mol. The number of benzene rings is 1. The molecule has 1 aromatic heterocycles. The van der Waals surface area contributed by atoms with Crippen molar-refractivity contribution in [3.05, 3.63) is 53.3 Å². The molecule has 0 aliphatic carbocycles. The number of amides is 2. The Morgan fingerprint density at radius 3 is 2.14 bits per heavy atom. The number of nitrogens with zero attached hydrogens (tertiary/aromatic N) is 4. The number of hydrogen-bond acceptors (Lipinski definition) is 3. The summed E-state index contributed by atoms with van der Waals surface area (Å²) in [6.45, 7) is 3.22. The number of rotatable bonds is 4. The Bertz CT molecular complexity index is 838. The topological polar surface area (TPSA) is 58.4 Å². The van der Waals surface area contributed by atoms with Gasteiger partial charge in [0.15, 0.2) is 5.69 Å². The molecule has 0 saturated carbocycles. The first-order chi connectivity index (χ1) is 13.3. The Morgan fingerprint density at radius 2 is 1.61 bits per heavy atom. The second-order valence-electron chi connectivity index (χ2n) is 6.62. The number of alkyl halides is 3. The Kier molecular flexibility index (Phi) is 5.71. The minimum absolute atomic E-state index is 0.0864. The van der Waals surface area contributed by atoms with Gasteiger partial charge in [-0.3, -0.25) is 14.3 Å². The van der Waals surface area contributed by atoms with Gasteiger partial charge < -0.3 is 9.80 Å². The Balaban J connectivity index is 1.53. The highest BCUT2D eigenvalue weighted by molar-refractivity contribution is 5.94. The normalized spacial score (nSPS) is 15.0. The van der Waals surface area contributed by atoms with Crippen molar-refractivity contribution in [3.63, 3.8) is 0 Å². The van der Waals surface area contributed by atoms with Gasteiger partial charge in [-0.2, -0.15) is 18.3 Å². The van der Waals surface area contributed by atoms with Crippen molar-refractivity contribution in [3.8, 4) is 0 Å². The maximum absolute atomic E-state index is 12.6. The number of halogens is 3. The minimum Gasteiger partial charge on any atom is -0.338 e. The fraction of sp³-hybridized carbons (Fsp3) is 0.421. The number of aromatic nitrogens is 2. The molecular formula is C19H21F3N4O2. The standard InChI is InChI=1S/C19H21F3N4O2/c1-2-14-3-5-15(6-4-14)18(28)25-11-9-24(10-12-25)17(27)13-26-8-7-16(23-26)19(20,21)22/h3-8H,2,9-13H2,1H3. The zero-order chi connectivity index (χ0) is 20.3. The van der Waals surface area contributed by atoms with Gasteiger partial charge in [0.2, 0.25) is 5.91 Å². The first-order valence-electron chi connectivity index (χ1n) is 9.04. The van der Waals surface area contributed by atoms with Crippen molar-refractivity contribution in [1.29, 1.82) is 0 Å². The third kappa shape index (κ3) is 4.52. The van der Waals surface area contributed by atoms with Crippen molar-refractivity contribution in [2.75, 3.05) is 26.2 Å². The number of hydrogen-bond donors (Lipinski definition) is 0. The molecule has 28 heavy (non-hydrogen) atoms. The molecule has 3 rings (SSSR count). The van der Waals surface area contributed by atoms with Crippen LogP contribution in [0.15, 0.2) is 36.5 Å². The molecule has 1 aromatic carbocycles. The molecule has 2 aromatic rings. The molecule has 1 saturated heterocycles. The summed E-state index contributed by atoms with van der Waals surface area (Å²) in [6, 6.07) is 8.29. The van der Waals surface area contributed by atoms with E-state index in [1.54, 1.807) is 21.9 Å². The number of aryl methyl sites for hydroxylation is 1. The summed E-state index contributed by atoms with van der Waals surface area (Å²) < 4.78 is 38.7. The van der Waals surface area contributed by atoms with Crippen LogP contribution in [0.5, 0.6) is 0 Å². The zero-order valence-corrected chi connectivity index (χ0v) is 15.4. The second-order valence-corrected chi connectivity index (χ2v) is 6.62. The van der Waals surface area contributed by atoms with E-state index in [1.165, 1.54) is 0 Å². The van der Waals surface area contributed by atoms with Crippen molar-refractivity contribution >= 4 is 11.8 Å². The highest BCUT2D eigenvalue weighted by Crippen LogP contribution is 2.27. The number of piperazine rings is 1. The summed E-state index contributed by atoms with van der Waals surface area (Å²) in [5.41, 5.74) is 0.734. The number of carbonyl (C=O) groups excluding carboxylic acids is 2. The van der Waals surface area contributed by atoms with Crippen LogP contribution in [0.4, 0.5) is 13.2 Å². The summed E-state index contributed by atoms with van der Waals surface area (Å²) in [6.07, 6.45) is -2.49. The quantitative estimate of drug-likeness (QED) is 0.801. The molecule has 0 spiro atoms. The van der Waals surface area contributed by atoms with Crippen LogP contribution in [0.1, 0.15) is 28.5 Å². The maximum Gasteiger partial charge on any atom is 0.435 e. The molecule has 0 atom stereocenters. The van der Waals surface area contributed by atoms with Crippen LogP contribution < -0.4 is 0 Å². The lowest BCUT2D eigenvalue weighted by molar-refractivity contribution is -0.142. The van der Waals surface area contributed by atoms with E-state index in [2.05, 4.69) is 5.10 Å². The van der Waals surface area contributed by atoms with Gasteiger partial charge in [-0.1, -0.05) is 19.1 Å². The fourth-order valence-electron chi connectivity index (χ4n) is 3.06. The summed E-state index contributed by atoms with van der Waals surface area (Å²) in [7, 11) is 0. The van der Waals surface area contributed by atoms with Crippen LogP contribution in [0.2, 0.25) is 0 Å². The van der Waals surface area contributed by atoms with Crippen LogP contribution in [0.25, 0.3) is 0 Å². The summed E-state index contributed by atoms with van der Waals surface area (Å²) in [5, 5.41) is 3.39. The molecule has 0 radical (unpaired) electrons. The van der Waals surface area contributed by atoms with Crippen molar-refractivity contribution in [1.82, 2.24) is 19.6 Å². The predicted octanol–water partition coefficient (Wildman–Crippen LogP) is 2.45. The summed E-state index contributed by atoms with van der Waals surface area (Å²) in [5.74, 6) is -0.409. The molecule has 2 amide bonds. The van der Waals surface area contributed by atoms with Gasteiger partial charge in [0, 0.05) is 37.9 Å². The fourth-order valence-corrected chi connectivity index (χ4v) is 3.06. The molecule has 0 N–H and O–H groups in total. The molecule has 2 heterocycles. The molecule has 0 bridgehead atoms. The minimum atomic E-state index is -4.53. The summed E-state index contributed by atoms with van der Waals surface area (Å²) in [4.78, 5) is 28.1. The van der Waals surface area contributed by atoms with Gasteiger partial charge in [0.1, 0.15) is 6.54 Å². The second kappa shape index (κ2) is 8.04. The third-order valence-corrected chi connectivity index (χ3v) is 4.76. The zero-order valence-electron chi connectivity index (χ0n) is 15.4. The first kappa shape index (κ1) is 19.9. The average molecular weight is 394 g/mol. The highest BCUT2D eigenvalue weighted by atomic mass is 19.4. The smallest absolute Gasteiger partial charge is 0.338 e. The van der Waals surface area contributed by atoms with Crippen molar-refractivity contribution in [2.24, 2.45) is 0 Å². The van der Waals surface area contributed by atoms with Crippen LogP contribution >= 0.6 is 0 Å².